The van der Waals surface area contributed by atoms with Crippen molar-refractivity contribution in [1.29, 1.82) is 5.26 Å². The summed E-state index contributed by atoms with van der Waals surface area (Å²) >= 11 is 0. The van der Waals surface area contributed by atoms with Gasteiger partial charge in [0, 0.05) is 44.0 Å². The minimum atomic E-state index is -0.116. The fourth-order valence-electron chi connectivity index (χ4n) is 5.91. The zero-order chi connectivity index (χ0) is 26.5. The fraction of sp³-hybridized carbons (Fsp3) is 0.375. The molecule has 3 aromatic carbocycles. The third kappa shape index (κ3) is 5.54. The maximum Gasteiger partial charge on any atom is 0.254 e. The maximum absolute atomic E-state index is 13.6. The number of benzene rings is 3. The second-order valence-electron chi connectivity index (χ2n) is 10.5. The summed E-state index contributed by atoms with van der Waals surface area (Å²) < 4.78 is 0. The topological polar surface area (TPSA) is 70.8 Å². The Hall–Kier alpha value is -3.82. The Labute approximate surface area is 225 Å². The van der Waals surface area contributed by atoms with E-state index in [4.69, 9.17) is 0 Å². The lowest BCUT2D eigenvalue weighted by Gasteiger charge is -2.42. The molecular weight excluding hydrogens is 472 g/mol. The predicted molar refractivity (Wildman–Crippen MR) is 152 cm³/mol. The number of nitrogens with zero attached hydrogens (tertiary/aromatic N) is 4. The van der Waals surface area contributed by atoms with Gasteiger partial charge in [0.25, 0.3) is 5.91 Å². The molecule has 0 aliphatic carbocycles. The van der Waals surface area contributed by atoms with Gasteiger partial charge in [0.15, 0.2) is 0 Å². The van der Waals surface area contributed by atoms with Crippen LogP contribution in [0.2, 0.25) is 0 Å². The molecule has 6 heteroatoms. The van der Waals surface area contributed by atoms with Crippen LogP contribution in [-0.2, 0) is 6.42 Å². The monoisotopic (exact) mass is 508 g/mol. The number of rotatable bonds is 6. The van der Waals surface area contributed by atoms with Crippen molar-refractivity contribution >= 4 is 17.3 Å². The smallest absolute Gasteiger partial charge is 0.254 e. The zero-order valence-corrected chi connectivity index (χ0v) is 22.1. The van der Waals surface area contributed by atoms with E-state index in [1.807, 2.05) is 54.3 Å². The van der Waals surface area contributed by atoms with E-state index < -0.39 is 0 Å². The van der Waals surface area contributed by atoms with Crippen molar-refractivity contribution in [3.63, 3.8) is 0 Å². The largest absolute Gasteiger partial charge is 0.394 e. The summed E-state index contributed by atoms with van der Waals surface area (Å²) in [5, 5.41) is 19.6. The summed E-state index contributed by atoms with van der Waals surface area (Å²) in [6.07, 6.45) is 3.09. The molecular formula is C32H36N4O2. The fourth-order valence-corrected chi connectivity index (χ4v) is 5.91. The van der Waals surface area contributed by atoms with Gasteiger partial charge < -0.3 is 19.8 Å². The molecule has 2 fully saturated rings. The molecule has 3 aromatic rings. The van der Waals surface area contributed by atoms with E-state index in [9.17, 15) is 15.2 Å². The highest BCUT2D eigenvalue weighted by Crippen LogP contribution is 2.29. The summed E-state index contributed by atoms with van der Waals surface area (Å²) in [6, 6.07) is 26.5. The van der Waals surface area contributed by atoms with Gasteiger partial charge in [-0.2, -0.15) is 5.26 Å². The van der Waals surface area contributed by atoms with Gasteiger partial charge in [0.1, 0.15) is 6.07 Å². The number of amides is 1. The van der Waals surface area contributed by atoms with Crippen molar-refractivity contribution in [1.82, 2.24) is 4.90 Å². The number of carbonyl (C=O) groups is 1. The third-order valence-corrected chi connectivity index (χ3v) is 8.11. The Bertz CT molecular complexity index is 1290. The lowest BCUT2D eigenvalue weighted by Crippen LogP contribution is -2.56. The lowest BCUT2D eigenvalue weighted by atomic mass is 9.88. The quantitative estimate of drug-likeness (QED) is 0.525. The molecule has 1 amide bonds. The Morgan fingerprint density at radius 1 is 0.974 bits per heavy atom. The first-order valence-electron chi connectivity index (χ1n) is 13.6. The molecule has 1 N–H and O–H groups in total. The molecule has 1 atom stereocenters. The number of para-hydroxylation sites is 2. The lowest BCUT2D eigenvalue weighted by molar-refractivity contribution is 0.0698. The number of piperidine rings is 1. The van der Waals surface area contributed by atoms with Crippen LogP contribution in [0.25, 0.3) is 0 Å². The van der Waals surface area contributed by atoms with E-state index in [-0.39, 0.29) is 18.6 Å². The standard InChI is InChI=1S/C32H36N4O2/c1-24-11-12-26(19-25-13-15-34(16-14-25)31-10-6-5-7-27(31)21-33)20-30(24)32(38)35-17-18-36(29(22-35)23-37)28-8-3-2-4-9-28/h2-12,20,25,29,37H,13-19,22-23H2,1H3/t29-/m0/s1. The van der Waals surface area contributed by atoms with Crippen LogP contribution in [0.3, 0.4) is 0 Å². The van der Waals surface area contributed by atoms with Gasteiger partial charge in [-0.1, -0.05) is 42.5 Å². The minimum absolute atomic E-state index is 0.00916. The van der Waals surface area contributed by atoms with Crippen molar-refractivity contribution in [3.8, 4) is 6.07 Å². The maximum atomic E-state index is 13.6. The second-order valence-corrected chi connectivity index (χ2v) is 10.5. The Morgan fingerprint density at radius 3 is 2.45 bits per heavy atom. The van der Waals surface area contributed by atoms with Gasteiger partial charge >= 0.3 is 0 Å². The molecule has 2 saturated heterocycles. The Kier molecular flexibility index (Phi) is 7.95. The van der Waals surface area contributed by atoms with Crippen molar-refractivity contribution in [2.75, 3.05) is 49.1 Å². The van der Waals surface area contributed by atoms with E-state index >= 15 is 0 Å². The number of hydrogen-bond acceptors (Lipinski definition) is 5. The summed E-state index contributed by atoms with van der Waals surface area (Å²) in [4.78, 5) is 20.1. The number of carbonyl (C=O) groups excluding carboxylic acids is 1. The normalized spacial score (nSPS) is 18.3. The average molecular weight is 509 g/mol. The van der Waals surface area contributed by atoms with Gasteiger partial charge in [0.2, 0.25) is 0 Å². The first kappa shape index (κ1) is 25.8. The van der Waals surface area contributed by atoms with Crippen LogP contribution in [0.15, 0.2) is 72.8 Å². The molecule has 0 radical (unpaired) electrons. The van der Waals surface area contributed by atoms with Crippen LogP contribution in [-0.4, -0.2) is 61.3 Å². The molecule has 0 aromatic heterocycles. The van der Waals surface area contributed by atoms with E-state index in [2.05, 4.69) is 46.2 Å². The van der Waals surface area contributed by atoms with Crippen molar-refractivity contribution < 1.29 is 9.90 Å². The predicted octanol–water partition coefficient (Wildman–Crippen LogP) is 4.65. The van der Waals surface area contributed by atoms with Gasteiger partial charge in [-0.05, 0) is 73.6 Å². The van der Waals surface area contributed by atoms with E-state index in [1.165, 1.54) is 5.56 Å². The van der Waals surface area contributed by atoms with Crippen LogP contribution in [0, 0.1) is 24.2 Å². The Morgan fingerprint density at radius 2 is 1.71 bits per heavy atom. The van der Waals surface area contributed by atoms with Crippen LogP contribution in [0.5, 0.6) is 0 Å². The van der Waals surface area contributed by atoms with E-state index in [0.717, 1.165) is 60.4 Å². The minimum Gasteiger partial charge on any atom is -0.394 e. The molecule has 0 spiro atoms. The molecule has 2 heterocycles. The number of piperazine rings is 1. The number of anilines is 2. The van der Waals surface area contributed by atoms with Gasteiger partial charge in [-0.3, -0.25) is 4.79 Å². The first-order valence-corrected chi connectivity index (χ1v) is 13.6. The van der Waals surface area contributed by atoms with Crippen LogP contribution < -0.4 is 9.80 Å². The van der Waals surface area contributed by atoms with Crippen LogP contribution in [0.4, 0.5) is 11.4 Å². The van der Waals surface area contributed by atoms with Crippen LogP contribution >= 0.6 is 0 Å². The molecule has 6 nitrogen and oxygen atoms in total. The summed E-state index contributed by atoms with van der Waals surface area (Å²) in [6.45, 7) is 5.74. The molecule has 0 saturated carbocycles. The third-order valence-electron chi connectivity index (χ3n) is 8.11. The highest BCUT2D eigenvalue weighted by atomic mass is 16.3. The van der Waals surface area contributed by atoms with Crippen molar-refractivity contribution in [2.24, 2.45) is 5.92 Å². The van der Waals surface area contributed by atoms with Crippen molar-refractivity contribution in [2.45, 2.75) is 32.2 Å². The summed E-state index contributed by atoms with van der Waals surface area (Å²) in [5.41, 5.74) is 5.82. The first-order chi connectivity index (χ1) is 18.6. The van der Waals surface area contributed by atoms with E-state index in [0.29, 0.717) is 25.6 Å². The molecule has 38 heavy (non-hydrogen) atoms. The van der Waals surface area contributed by atoms with Gasteiger partial charge in [0.05, 0.1) is 23.9 Å². The van der Waals surface area contributed by atoms with Crippen LogP contribution in [0.1, 0.15) is 39.9 Å². The molecule has 2 aliphatic heterocycles. The molecule has 0 bridgehead atoms. The number of nitriles is 1. The summed E-state index contributed by atoms with van der Waals surface area (Å²) in [5.74, 6) is 0.609. The van der Waals surface area contributed by atoms with E-state index in [1.54, 1.807) is 0 Å². The molecule has 5 rings (SSSR count). The SMILES string of the molecule is Cc1ccc(CC2CCN(c3ccccc3C#N)CC2)cc1C(=O)N1CCN(c2ccccc2)[C@H](CO)C1. The number of aliphatic hydroxyl groups excluding tert-OH is 1. The highest BCUT2D eigenvalue weighted by molar-refractivity contribution is 5.96. The Balaban J connectivity index is 1.22. The number of aryl methyl sites for hydroxylation is 1. The second kappa shape index (κ2) is 11.7. The molecule has 0 unspecified atom stereocenters. The molecule has 196 valence electrons. The zero-order valence-electron chi connectivity index (χ0n) is 22.1. The van der Waals surface area contributed by atoms with Gasteiger partial charge in [-0.25, -0.2) is 0 Å². The van der Waals surface area contributed by atoms with Crippen molar-refractivity contribution in [3.05, 3.63) is 95.1 Å². The highest BCUT2D eigenvalue weighted by Gasteiger charge is 2.30. The average Bonchev–Trinajstić information content (AvgIpc) is 2.98. The molecule has 2 aliphatic rings. The number of aliphatic hydroxyl groups is 1. The summed E-state index contributed by atoms with van der Waals surface area (Å²) in [7, 11) is 0. The van der Waals surface area contributed by atoms with Gasteiger partial charge in [-0.15, -0.1) is 0 Å². The number of hydrogen-bond donors (Lipinski definition) is 1.